The Kier molecular flexibility index (Phi) is 13.9. The molecule has 9 heteroatoms. The number of nitrogens with one attached hydrogen (secondary N) is 2. The summed E-state index contributed by atoms with van der Waals surface area (Å²) < 4.78 is 5.25. The maximum Gasteiger partial charge on any atom is 0.408 e. The van der Waals surface area contributed by atoms with Gasteiger partial charge in [0.25, 0.3) is 0 Å². The fourth-order valence-corrected chi connectivity index (χ4v) is 3.76. The Bertz CT molecular complexity index is 824. The fourth-order valence-electron chi connectivity index (χ4n) is 3.76. The van der Waals surface area contributed by atoms with E-state index < -0.39 is 36.3 Å². The van der Waals surface area contributed by atoms with E-state index in [1.165, 1.54) is 17.0 Å². The molecule has 1 aromatic carbocycles. The number of hydrogen-bond acceptors (Lipinski definition) is 6. The third kappa shape index (κ3) is 11.3. The molecular formula is C27H45N3O6. The molecule has 36 heavy (non-hydrogen) atoms. The van der Waals surface area contributed by atoms with Crippen LogP contribution < -0.4 is 10.6 Å². The lowest BCUT2D eigenvalue weighted by atomic mass is 10.0. The van der Waals surface area contributed by atoms with Gasteiger partial charge in [0.05, 0.1) is 6.61 Å². The molecule has 0 aliphatic heterocycles. The summed E-state index contributed by atoms with van der Waals surface area (Å²) in [6, 6.07) is 3.91. The van der Waals surface area contributed by atoms with Gasteiger partial charge < -0.3 is 30.5 Å². The number of rotatable bonds is 15. The van der Waals surface area contributed by atoms with Crippen LogP contribution in [0.1, 0.15) is 91.2 Å². The molecule has 0 fully saturated rings. The van der Waals surface area contributed by atoms with Gasteiger partial charge in [0.2, 0.25) is 11.8 Å². The summed E-state index contributed by atoms with van der Waals surface area (Å²) in [4.78, 5) is 40.8. The zero-order valence-electron chi connectivity index (χ0n) is 22.5. The molecule has 9 nitrogen and oxygen atoms in total. The first-order chi connectivity index (χ1) is 17.0. The maximum atomic E-state index is 13.7. The Labute approximate surface area is 215 Å². The fraction of sp³-hybridized carbons (Fsp3) is 0.667. The molecular weight excluding hydrogens is 462 g/mol. The Hall–Kier alpha value is -2.81. The van der Waals surface area contributed by atoms with Crippen LogP contribution in [0.4, 0.5) is 4.79 Å². The van der Waals surface area contributed by atoms with Gasteiger partial charge in [0.1, 0.15) is 23.4 Å². The second kappa shape index (κ2) is 16.0. The van der Waals surface area contributed by atoms with Gasteiger partial charge in [-0.25, -0.2) is 4.79 Å². The minimum atomic E-state index is -1.29. The highest BCUT2D eigenvalue weighted by Crippen LogP contribution is 2.26. The lowest BCUT2D eigenvalue weighted by Gasteiger charge is -2.34. The maximum absolute atomic E-state index is 13.7. The van der Waals surface area contributed by atoms with Gasteiger partial charge in [-0.2, -0.15) is 0 Å². The Morgan fingerprint density at radius 1 is 1.03 bits per heavy atom. The van der Waals surface area contributed by atoms with Crippen molar-refractivity contribution in [3.05, 3.63) is 29.8 Å². The summed E-state index contributed by atoms with van der Waals surface area (Å²) in [7, 11) is 0. The molecule has 4 N–H and O–H groups in total. The lowest BCUT2D eigenvalue weighted by Crippen LogP contribution is -2.54. The van der Waals surface area contributed by atoms with Crippen LogP contribution in [-0.4, -0.2) is 64.4 Å². The van der Waals surface area contributed by atoms with Crippen LogP contribution in [0.2, 0.25) is 0 Å². The number of aliphatic hydroxyl groups excluding tert-OH is 1. The van der Waals surface area contributed by atoms with Gasteiger partial charge in [-0.15, -0.1) is 0 Å². The predicted octanol–water partition coefficient (Wildman–Crippen LogP) is 4.03. The molecule has 0 aliphatic rings. The molecule has 3 amide bonds. The number of aliphatic hydroxyl groups is 1. The molecule has 204 valence electrons. The van der Waals surface area contributed by atoms with E-state index in [2.05, 4.69) is 24.5 Å². The number of benzene rings is 1. The number of carbonyl (C=O) groups is 3. The standard InChI is InChI=1S/C27H45N3O6/c1-6-8-10-12-17-30(25(34)22(19-31)29-26(35)36-27(3,4)5)23(20-14-13-15-21(32)18-20)24(33)28-16-11-9-7-2/h13-15,18,22-23,31-32H,6-12,16-17,19H2,1-5H3,(H,28,33)(H,29,35). The molecule has 0 heterocycles. The Morgan fingerprint density at radius 3 is 2.28 bits per heavy atom. The van der Waals surface area contributed by atoms with Crippen molar-refractivity contribution in [1.29, 1.82) is 0 Å². The van der Waals surface area contributed by atoms with Crippen LogP contribution in [-0.2, 0) is 14.3 Å². The number of carbonyl (C=O) groups excluding carboxylic acids is 3. The van der Waals surface area contributed by atoms with Crippen molar-refractivity contribution in [2.45, 2.75) is 97.2 Å². The van der Waals surface area contributed by atoms with E-state index in [4.69, 9.17) is 4.74 Å². The summed E-state index contributed by atoms with van der Waals surface area (Å²) in [6.45, 7) is 9.28. The molecule has 0 aromatic heterocycles. The lowest BCUT2D eigenvalue weighted by molar-refractivity contribution is -0.143. The van der Waals surface area contributed by atoms with Gasteiger partial charge in [-0.3, -0.25) is 9.59 Å². The first-order valence-corrected chi connectivity index (χ1v) is 13.0. The predicted molar refractivity (Wildman–Crippen MR) is 139 cm³/mol. The van der Waals surface area contributed by atoms with E-state index >= 15 is 0 Å². The van der Waals surface area contributed by atoms with Gasteiger partial charge in [0.15, 0.2) is 0 Å². The Balaban J connectivity index is 3.31. The van der Waals surface area contributed by atoms with Crippen molar-refractivity contribution < 1.29 is 29.3 Å². The number of unbranched alkanes of at least 4 members (excludes halogenated alkanes) is 5. The molecule has 2 unspecified atom stereocenters. The highest BCUT2D eigenvalue weighted by atomic mass is 16.6. The summed E-state index contributed by atoms with van der Waals surface area (Å²) in [6.07, 6.45) is 5.41. The second-order valence-corrected chi connectivity index (χ2v) is 9.97. The van der Waals surface area contributed by atoms with Crippen molar-refractivity contribution in [1.82, 2.24) is 15.5 Å². The summed E-state index contributed by atoms with van der Waals surface area (Å²) >= 11 is 0. The van der Waals surface area contributed by atoms with Crippen LogP contribution in [0.15, 0.2) is 24.3 Å². The highest BCUT2D eigenvalue weighted by molar-refractivity contribution is 5.92. The van der Waals surface area contributed by atoms with E-state index in [0.29, 0.717) is 18.5 Å². The smallest absolute Gasteiger partial charge is 0.408 e. The van der Waals surface area contributed by atoms with Crippen LogP contribution in [0, 0.1) is 0 Å². The number of aromatic hydroxyl groups is 1. The molecule has 0 radical (unpaired) electrons. The van der Waals surface area contributed by atoms with Gasteiger partial charge in [-0.05, 0) is 51.3 Å². The molecule has 0 saturated carbocycles. The van der Waals surface area contributed by atoms with Crippen LogP contribution in [0.25, 0.3) is 0 Å². The van der Waals surface area contributed by atoms with Crippen molar-refractivity contribution >= 4 is 17.9 Å². The molecule has 0 spiro atoms. The number of hydrogen-bond donors (Lipinski definition) is 4. The summed E-state index contributed by atoms with van der Waals surface area (Å²) in [5, 5.41) is 25.4. The first-order valence-electron chi connectivity index (χ1n) is 13.0. The topological polar surface area (TPSA) is 128 Å². The highest BCUT2D eigenvalue weighted by Gasteiger charge is 2.36. The minimum Gasteiger partial charge on any atom is -0.508 e. The second-order valence-electron chi connectivity index (χ2n) is 9.97. The van der Waals surface area contributed by atoms with Crippen molar-refractivity contribution in [2.24, 2.45) is 0 Å². The third-order valence-corrected chi connectivity index (χ3v) is 5.53. The van der Waals surface area contributed by atoms with Crippen molar-refractivity contribution in [2.75, 3.05) is 19.7 Å². The Morgan fingerprint density at radius 2 is 1.69 bits per heavy atom. The van der Waals surface area contributed by atoms with E-state index in [-0.39, 0.29) is 18.2 Å². The molecule has 0 bridgehead atoms. The molecule has 0 aliphatic carbocycles. The quantitative estimate of drug-likeness (QED) is 0.265. The average Bonchev–Trinajstić information content (AvgIpc) is 2.80. The number of ether oxygens (including phenoxy) is 1. The number of phenols is 1. The van der Waals surface area contributed by atoms with Crippen LogP contribution in [0.5, 0.6) is 5.75 Å². The first kappa shape index (κ1) is 31.2. The van der Waals surface area contributed by atoms with Gasteiger partial charge in [-0.1, -0.05) is 58.1 Å². The SMILES string of the molecule is CCCCCCN(C(=O)C(CO)NC(=O)OC(C)(C)C)C(C(=O)NCCCCC)c1cccc(O)c1. The number of amides is 3. The third-order valence-electron chi connectivity index (χ3n) is 5.53. The average molecular weight is 508 g/mol. The number of phenolic OH excluding ortho intramolecular Hbond substituents is 1. The summed E-state index contributed by atoms with van der Waals surface area (Å²) in [5.41, 5.74) is -0.337. The minimum absolute atomic E-state index is 0.0275. The van der Waals surface area contributed by atoms with Gasteiger partial charge in [0, 0.05) is 13.1 Å². The molecule has 1 rings (SSSR count). The molecule has 2 atom stereocenters. The molecule has 0 saturated heterocycles. The van der Waals surface area contributed by atoms with E-state index in [9.17, 15) is 24.6 Å². The van der Waals surface area contributed by atoms with E-state index in [1.54, 1.807) is 32.9 Å². The van der Waals surface area contributed by atoms with E-state index in [1.807, 2.05) is 0 Å². The van der Waals surface area contributed by atoms with E-state index in [0.717, 1.165) is 38.5 Å². The zero-order valence-corrected chi connectivity index (χ0v) is 22.5. The monoisotopic (exact) mass is 507 g/mol. The van der Waals surface area contributed by atoms with Crippen molar-refractivity contribution in [3.63, 3.8) is 0 Å². The number of nitrogens with zero attached hydrogens (tertiary/aromatic N) is 1. The normalized spacial score (nSPS) is 12.9. The van der Waals surface area contributed by atoms with Crippen LogP contribution >= 0.6 is 0 Å². The summed E-state index contributed by atoms with van der Waals surface area (Å²) in [5.74, 6) is -1.01. The van der Waals surface area contributed by atoms with Crippen molar-refractivity contribution in [3.8, 4) is 5.75 Å². The van der Waals surface area contributed by atoms with Crippen LogP contribution in [0.3, 0.4) is 0 Å². The number of alkyl carbamates (subject to hydrolysis) is 1. The zero-order chi connectivity index (χ0) is 27.1. The van der Waals surface area contributed by atoms with Gasteiger partial charge >= 0.3 is 6.09 Å². The largest absolute Gasteiger partial charge is 0.508 e. The molecule has 1 aromatic rings.